The Labute approximate surface area is 116 Å². The van der Waals surface area contributed by atoms with Crippen LogP contribution < -0.4 is 0 Å². The zero-order chi connectivity index (χ0) is 14.0. The van der Waals surface area contributed by atoms with Crippen molar-refractivity contribution in [2.45, 2.75) is 29.4 Å². The van der Waals surface area contributed by atoms with Gasteiger partial charge in [-0.3, -0.25) is 0 Å². The number of sulfone groups is 1. The van der Waals surface area contributed by atoms with Gasteiger partial charge in [0.15, 0.2) is 9.84 Å². The molecule has 6 heteroatoms. The Hall–Kier alpha value is -1.33. The Morgan fingerprint density at radius 3 is 2.68 bits per heavy atom. The third-order valence-corrected chi connectivity index (χ3v) is 5.54. The summed E-state index contributed by atoms with van der Waals surface area (Å²) in [5.74, 6) is -1.23. The summed E-state index contributed by atoms with van der Waals surface area (Å²) in [6.45, 7) is 0. The Kier molecular flexibility index (Phi) is 3.96. The predicted octanol–water partition coefficient (Wildman–Crippen LogP) is 2.92. The maximum Gasteiger partial charge on any atom is 0.337 e. The van der Waals surface area contributed by atoms with Crippen LogP contribution in [0.15, 0.2) is 35.2 Å². The number of carboxylic acids is 1. The molecule has 1 aromatic carbocycles. The Morgan fingerprint density at radius 2 is 2.11 bits per heavy atom. The molecule has 1 aliphatic rings. The van der Waals surface area contributed by atoms with Crippen molar-refractivity contribution in [2.75, 3.05) is 0 Å². The van der Waals surface area contributed by atoms with E-state index in [-0.39, 0.29) is 15.5 Å². The van der Waals surface area contributed by atoms with E-state index in [1.165, 1.54) is 12.1 Å². The molecule has 1 atom stereocenters. The summed E-state index contributed by atoms with van der Waals surface area (Å²) in [6.07, 6.45) is 5.78. The Bertz CT molecular complexity index is 634. The number of aromatic carboxylic acids is 1. The summed E-state index contributed by atoms with van der Waals surface area (Å²) in [4.78, 5) is 11.0. The number of allylic oxidation sites excluding steroid dienone is 1. The van der Waals surface area contributed by atoms with Gasteiger partial charge in [-0.1, -0.05) is 23.8 Å². The van der Waals surface area contributed by atoms with Crippen LogP contribution in [0.4, 0.5) is 0 Å². The molecule has 1 N–H and O–H groups in total. The van der Waals surface area contributed by atoms with E-state index in [2.05, 4.69) is 0 Å². The van der Waals surface area contributed by atoms with Crippen molar-refractivity contribution in [3.63, 3.8) is 0 Å². The lowest BCUT2D eigenvalue weighted by molar-refractivity contribution is 0.0697. The second-order valence-electron chi connectivity index (χ2n) is 4.39. The van der Waals surface area contributed by atoms with E-state index in [1.807, 2.05) is 6.08 Å². The van der Waals surface area contributed by atoms with Gasteiger partial charge >= 0.3 is 5.97 Å². The van der Waals surface area contributed by atoms with Crippen molar-refractivity contribution < 1.29 is 18.3 Å². The van der Waals surface area contributed by atoms with Gasteiger partial charge in [-0.25, -0.2) is 13.2 Å². The molecule has 1 aliphatic carbocycles. The molecule has 1 aromatic rings. The molecular weight excluding hydrogens is 288 g/mol. The number of rotatable bonds is 3. The van der Waals surface area contributed by atoms with Crippen LogP contribution in [-0.4, -0.2) is 24.7 Å². The van der Waals surface area contributed by atoms with E-state index >= 15 is 0 Å². The fraction of sp³-hybridized carbons (Fsp3) is 0.308. The molecular formula is C13H13ClO4S. The zero-order valence-electron chi connectivity index (χ0n) is 10.0. The van der Waals surface area contributed by atoms with Crippen LogP contribution in [-0.2, 0) is 9.84 Å². The van der Waals surface area contributed by atoms with Crippen LogP contribution in [0, 0.1) is 0 Å². The number of hydrogen-bond donors (Lipinski definition) is 1. The van der Waals surface area contributed by atoms with Crippen LogP contribution >= 0.6 is 11.6 Å². The fourth-order valence-electron chi connectivity index (χ4n) is 2.06. The van der Waals surface area contributed by atoms with Crippen LogP contribution in [0.25, 0.3) is 0 Å². The largest absolute Gasteiger partial charge is 0.478 e. The molecule has 0 bridgehead atoms. The first-order chi connectivity index (χ1) is 8.93. The Balaban J connectivity index is 2.46. The second kappa shape index (κ2) is 5.35. The zero-order valence-corrected chi connectivity index (χ0v) is 11.6. The molecule has 19 heavy (non-hydrogen) atoms. The van der Waals surface area contributed by atoms with Crippen LogP contribution in [0.1, 0.15) is 29.6 Å². The minimum atomic E-state index is -3.54. The summed E-state index contributed by atoms with van der Waals surface area (Å²) in [5.41, 5.74) is -0.192. The summed E-state index contributed by atoms with van der Waals surface area (Å²) >= 11 is 5.74. The quantitative estimate of drug-likeness (QED) is 0.871. The number of carboxylic acid groups (broad SMARTS) is 1. The van der Waals surface area contributed by atoms with Crippen molar-refractivity contribution in [1.82, 2.24) is 0 Å². The van der Waals surface area contributed by atoms with E-state index < -0.39 is 21.1 Å². The van der Waals surface area contributed by atoms with Crippen molar-refractivity contribution >= 4 is 27.4 Å². The minimum Gasteiger partial charge on any atom is -0.478 e. The summed E-state index contributed by atoms with van der Waals surface area (Å²) in [7, 11) is -3.54. The predicted molar refractivity (Wildman–Crippen MR) is 72.4 cm³/mol. The first-order valence-electron chi connectivity index (χ1n) is 5.86. The second-order valence-corrected chi connectivity index (χ2v) is 6.96. The molecule has 4 nitrogen and oxygen atoms in total. The summed E-state index contributed by atoms with van der Waals surface area (Å²) < 4.78 is 24.8. The van der Waals surface area contributed by atoms with Gasteiger partial charge < -0.3 is 5.11 Å². The molecule has 2 rings (SSSR count). The topological polar surface area (TPSA) is 71.4 Å². The maximum absolute atomic E-state index is 12.4. The highest BCUT2D eigenvalue weighted by Gasteiger charge is 2.27. The third kappa shape index (κ3) is 2.82. The monoisotopic (exact) mass is 300 g/mol. The average molecular weight is 301 g/mol. The lowest BCUT2D eigenvalue weighted by atomic mass is 10.1. The molecule has 0 saturated carbocycles. The van der Waals surface area contributed by atoms with Gasteiger partial charge in [0, 0.05) is 0 Å². The summed E-state index contributed by atoms with van der Waals surface area (Å²) in [5, 5.41) is 8.43. The normalized spacial score (nSPS) is 19.3. The molecule has 0 spiro atoms. The lowest BCUT2D eigenvalue weighted by Gasteiger charge is -2.17. The van der Waals surface area contributed by atoms with Crippen molar-refractivity contribution in [1.29, 1.82) is 0 Å². The van der Waals surface area contributed by atoms with Gasteiger partial charge in [0.2, 0.25) is 0 Å². The summed E-state index contributed by atoms with van der Waals surface area (Å²) in [6, 6.07) is 3.79. The molecule has 0 saturated heterocycles. The molecule has 102 valence electrons. The molecule has 0 aromatic heterocycles. The third-order valence-electron chi connectivity index (χ3n) is 3.11. The number of benzene rings is 1. The minimum absolute atomic E-state index is 0.00542. The number of halogens is 1. The SMILES string of the molecule is O=C(O)c1cc(S(=O)(=O)C2C=CCCC2)ccc1Cl. The van der Waals surface area contributed by atoms with Crippen molar-refractivity contribution in [2.24, 2.45) is 0 Å². The molecule has 1 unspecified atom stereocenters. The molecule has 0 aliphatic heterocycles. The molecule has 0 radical (unpaired) electrons. The van der Waals surface area contributed by atoms with E-state index in [0.29, 0.717) is 6.42 Å². The molecule has 0 heterocycles. The van der Waals surface area contributed by atoms with E-state index in [4.69, 9.17) is 16.7 Å². The van der Waals surface area contributed by atoms with Gasteiger partial charge in [-0.05, 0) is 37.5 Å². The lowest BCUT2D eigenvalue weighted by Crippen LogP contribution is -2.21. The van der Waals surface area contributed by atoms with Crippen LogP contribution in [0.2, 0.25) is 5.02 Å². The van der Waals surface area contributed by atoms with Gasteiger partial charge in [0.25, 0.3) is 0 Å². The maximum atomic E-state index is 12.4. The van der Waals surface area contributed by atoms with Gasteiger partial charge in [0.1, 0.15) is 0 Å². The first kappa shape index (κ1) is 14.1. The highest BCUT2D eigenvalue weighted by molar-refractivity contribution is 7.92. The van der Waals surface area contributed by atoms with E-state index in [9.17, 15) is 13.2 Å². The standard InChI is InChI=1S/C13H13ClO4S/c14-12-7-6-10(8-11(12)13(15)16)19(17,18)9-4-2-1-3-5-9/h2,4,6-9H,1,3,5H2,(H,15,16). The van der Waals surface area contributed by atoms with Crippen LogP contribution in [0.3, 0.4) is 0 Å². The van der Waals surface area contributed by atoms with Crippen LogP contribution in [0.5, 0.6) is 0 Å². The highest BCUT2D eigenvalue weighted by Crippen LogP contribution is 2.27. The fourth-order valence-corrected chi connectivity index (χ4v) is 3.94. The van der Waals surface area contributed by atoms with Crippen molar-refractivity contribution in [3.05, 3.63) is 40.9 Å². The van der Waals surface area contributed by atoms with Gasteiger partial charge in [-0.15, -0.1) is 0 Å². The van der Waals surface area contributed by atoms with E-state index in [1.54, 1.807) is 6.08 Å². The van der Waals surface area contributed by atoms with Gasteiger partial charge in [-0.2, -0.15) is 0 Å². The highest BCUT2D eigenvalue weighted by atomic mass is 35.5. The van der Waals surface area contributed by atoms with Crippen molar-refractivity contribution in [3.8, 4) is 0 Å². The van der Waals surface area contributed by atoms with Gasteiger partial charge in [0.05, 0.1) is 20.7 Å². The average Bonchev–Trinajstić information content (AvgIpc) is 2.39. The molecule has 0 amide bonds. The first-order valence-corrected chi connectivity index (χ1v) is 7.79. The number of carbonyl (C=O) groups is 1. The number of hydrogen-bond acceptors (Lipinski definition) is 3. The van der Waals surface area contributed by atoms with E-state index in [0.717, 1.165) is 18.9 Å². The Morgan fingerprint density at radius 1 is 1.37 bits per heavy atom. The smallest absolute Gasteiger partial charge is 0.337 e. The molecule has 0 fully saturated rings.